The Morgan fingerprint density at radius 3 is 2.21 bits per heavy atom. The van der Waals surface area contributed by atoms with Gasteiger partial charge in [0.25, 0.3) is 0 Å². The molecule has 0 radical (unpaired) electrons. The van der Waals surface area contributed by atoms with Gasteiger partial charge in [0.05, 0.1) is 24.3 Å². The van der Waals surface area contributed by atoms with Crippen LogP contribution in [0.3, 0.4) is 0 Å². The molecule has 0 N–H and O–H groups in total. The normalized spacial score (nSPS) is 18.3. The molecular weight excluding hydrogens is 605 g/mol. The summed E-state index contributed by atoms with van der Waals surface area (Å²) in [6.07, 6.45) is 6.17. The number of hydrogen-bond acceptors (Lipinski definition) is 5. The van der Waals surface area contributed by atoms with Gasteiger partial charge in [-0.2, -0.15) is 5.26 Å². The monoisotopic (exact) mass is 635 g/mol. The predicted molar refractivity (Wildman–Crippen MR) is 173 cm³/mol. The maximum absolute atomic E-state index is 14.6. The average Bonchev–Trinajstić information content (AvgIpc) is 3.41. The Labute approximate surface area is 269 Å². The van der Waals surface area contributed by atoms with Crippen LogP contribution in [0.4, 0.5) is 4.79 Å². The molecule has 7 nitrogen and oxygen atoms in total. The lowest BCUT2D eigenvalue weighted by Crippen LogP contribution is -2.54. The molecule has 0 aromatic heterocycles. The first-order valence-electron chi connectivity index (χ1n) is 13.9. The summed E-state index contributed by atoms with van der Waals surface area (Å²) in [6, 6.07) is 21.8. The van der Waals surface area contributed by atoms with E-state index in [0.717, 1.165) is 11.1 Å². The number of nitrogens with zero attached hydrogens (tertiary/aromatic N) is 5. The van der Waals surface area contributed by atoms with E-state index >= 15 is 0 Å². The molecule has 1 fully saturated rings. The minimum absolute atomic E-state index is 0. The van der Waals surface area contributed by atoms with E-state index in [9.17, 15) is 4.79 Å². The van der Waals surface area contributed by atoms with Gasteiger partial charge in [0.2, 0.25) is 0 Å². The van der Waals surface area contributed by atoms with E-state index in [4.69, 9.17) is 44.6 Å². The van der Waals surface area contributed by atoms with Crippen LogP contribution in [0.25, 0.3) is 0 Å². The highest BCUT2D eigenvalue weighted by molar-refractivity contribution is 6.30. The van der Waals surface area contributed by atoms with Crippen molar-refractivity contribution in [3.8, 4) is 24.2 Å². The van der Waals surface area contributed by atoms with Crippen LogP contribution in [-0.4, -0.2) is 65.9 Å². The molecule has 0 spiro atoms. The summed E-state index contributed by atoms with van der Waals surface area (Å²) in [7, 11) is 0. The Balaban J connectivity index is 0.00000423. The van der Waals surface area contributed by atoms with Gasteiger partial charge in [0, 0.05) is 54.8 Å². The summed E-state index contributed by atoms with van der Waals surface area (Å²) in [5.74, 6) is 3.75. The molecule has 1 saturated heterocycles. The molecule has 0 aliphatic carbocycles. The molecule has 5 rings (SSSR count). The first-order valence-corrected chi connectivity index (χ1v) is 14.7. The molecule has 2 aliphatic heterocycles. The van der Waals surface area contributed by atoms with Crippen LogP contribution in [0.5, 0.6) is 5.75 Å². The summed E-state index contributed by atoms with van der Waals surface area (Å²) in [4.78, 5) is 25.7. The number of amides is 2. The van der Waals surface area contributed by atoms with Crippen LogP contribution >= 0.6 is 35.6 Å². The topological polar surface area (TPSA) is 72.2 Å². The van der Waals surface area contributed by atoms with Gasteiger partial charge in [-0.25, -0.2) is 4.79 Å². The summed E-state index contributed by atoms with van der Waals surface area (Å²) < 4.78 is 6.03. The molecule has 0 saturated carbocycles. The molecular formula is C33H32Cl3N5O2. The van der Waals surface area contributed by atoms with E-state index in [0.29, 0.717) is 78.5 Å². The van der Waals surface area contributed by atoms with Gasteiger partial charge in [-0.3, -0.25) is 14.8 Å². The number of ether oxygens (including phenoxy) is 1. The van der Waals surface area contributed by atoms with Crippen molar-refractivity contribution in [1.29, 1.82) is 5.26 Å². The molecule has 0 unspecified atom stereocenters. The van der Waals surface area contributed by atoms with E-state index in [2.05, 4.69) is 16.9 Å². The van der Waals surface area contributed by atoms with E-state index < -0.39 is 12.1 Å². The number of hydrogen-bond donors (Lipinski definition) is 0. The third-order valence-corrected chi connectivity index (χ3v) is 8.07. The fourth-order valence-corrected chi connectivity index (χ4v) is 5.70. The molecule has 10 heteroatoms. The Morgan fingerprint density at radius 1 is 1.00 bits per heavy atom. The van der Waals surface area contributed by atoms with Crippen molar-refractivity contribution in [1.82, 2.24) is 14.7 Å². The minimum atomic E-state index is -0.454. The third-order valence-electron chi connectivity index (χ3n) is 7.57. The highest BCUT2D eigenvalue weighted by atomic mass is 35.5. The van der Waals surface area contributed by atoms with Gasteiger partial charge in [0.15, 0.2) is 0 Å². The zero-order chi connectivity index (χ0) is 29.6. The Hall–Kier alpha value is -3.72. The highest BCUT2D eigenvalue weighted by Gasteiger charge is 2.45. The van der Waals surface area contributed by atoms with Crippen LogP contribution in [0.1, 0.15) is 47.7 Å². The summed E-state index contributed by atoms with van der Waals surface area (Å²) >= 11 is 12.5. The standard InChI is InChI=1S/C33H31Cl2N5O2.ClH/c1-3-23-6-15-28(29(22-23)42-4-2)32-37-30(24-7-11-26(34)12-8-24)31(25-9-13-27(35)14-10-25)40(32)33(41)39-20-18-38(19-21-39)17-5-16-36;/h1,6-15,22,30-31H,4-5,17-21H2,2H3;1H/t30-,31+;/m0./s1. The fraction of sp³-hybridized carbons (Fsp3) is 0.303. The first-order chi connectivity index (χ1) is 20.4. The van der Waals surface area contributed by atoms with Crippen LogP contribution in [-0.2, 0) is 0 Å². The number of carbonyl (C=O) groups excluding carboxylic acids is 1. The van der Waals surface area contributed by atoms with Gasteiger partial charge >= 0.3 is 6.03 Å². The lowest BCUT2D eigenvalue weighted by Gasteiger charge is -2.39. The minimum Gasteiger partial charge on any atom is -0.493 e. The number of piperazine rings is 1. The van der Waals surface area contributed by atoms with E-state index in [1.807, 2.05) is 78.6 Å². The van der Waals surface area contributed by atoms with Crippen LogP contribution in [0.15, 0.2) is 71.7 Å². The van der Waals surface area contributed by atoms with Crippen LogP contribution in [0, 0.1) is 23.7 Å². The predicted octanol–water partition coefficient (Wildman–Crippen LogP) is 6.99. The Kier molecular flexibility index (Phi) is 11.0. The molecule has 2 atom stereocenters. The van der Waals surface area contributed by atoms with Crippen molar-refractivity contribution < 1.29 is 9.53 Å². The van der Waals surface area contributed by atoms with E-state index in [1.54, 1.807) is 4.90 Å². The third kappa shape index (κ3) is 7.09. The number of rotatable bonds is 7. The molecule has 2 heterocycles. The lowest BCUT2D eigenvalue weighted by atomic mass is 9.93. The average molecular weight is 637 g/mol. The number of carbonyl (C=O) groups is 1. The summed E-state index contributed by atoms with van der Waals surface area (Å²) in [6.45, 7) is 5.50. The number of terminal acetylenes is 1. The van der Waals surface area contributed by atoms with Gasteiger partial charge in [0.1, 0.15) is 17.6 Å². The zero-order valence-corrected chi connectivity index (χ0v) is 26.1. The van der Waals surface area contributed by atoms with Crippen molar-refractivity contribution >= 4 is 47.5 Å². The molecule has 222 valence electrons. The molecule has 2 aliphatic rings. The van der Waals surface area contributed by atoms with Gasteiger partial charge in [-0.1, -0.05) is 53.4 Å². The molecule has 2 amide bonds. The summed E-state index contributed by atoms with van der Waals surface area (Å²) in [5.41, 5.74) is 3.19. The second-order valence-corrected chi connectivity index (χ2v) is 11.0. The van der Waals surface area contributed by atoms with Crippen molar-refractivity contribution in [2.45, 2.75) is 25.4 Å². The smallest absolute Gasteiger partial charge is 0.326 e. The van der Waals surface area contributed by atoms with Gasteiger partial charge in [-0.05, 0) is 60.5 Å². The van der Waals surface area contributed by atoms with Crippen molar-refractivity contribution in [3.63, 3.8) is 0 Å². The van der Waals surface area contributed by atoms with Crippen LogP contribution < -0.4 is 4.74 Å². The van der Waals surface area contributed by atoms with E-state index in [-0.39, 0.29) is 18.4 Å². The van der Waals surface area contributed by atoms with Crippen molar-refractivity contribution in [2.24, 2.45) is 4.99 Å². The summed E-state index contributed by atoms with van der Waals surface area (Å²) in [5, 5.41) is 10.2. The second-order valence-electron chi connectivity index (χ2n) is 10.1. The molecule has 3 aromatic carbocycles. The van der Waals surface area contributed by atoms with Crippen molar-refractivity contribution in [2.75, 3.05) is 39.3 Å². The SMILES string of the molecule is C#Cc1ccc(C2=N[C@@H](c3ccc(Cl)cc3)[C@@H](c3ccc(Cl)cc3)N2C(=O)N2CCN(CCC#N)CC2)c(OCC)c1.Cl. The first kappa shape index (κ1) is 32.2. The number of nitriles is 1. The highest BCUT2D eigenvalue weighted by Crippen LogP contribution is 2.45. The number of halogens is 3. The van der Waals surface area contributed by atoms with Gasteiger partial charge < -0.3 is 9.64 Å². The molecule has 0 bridgehead atoms. The zero-order valence-electron chi connectivity index (χ0n) is 23.7. The lowest BCUT2D eigenvalue weighted by molar-refractivity contribution is 0.120. The number of urea groups is 1. The number of amidine groups is 1. The van der Waals surface area contributed by atoms with Crippen LogP contribution in [0.2, 0.25) is 10.0 Å². The van der Waals surface area contributed by atoms with Crippen molar-refractivity contribution in [3.05, 3.63) is 99.0 Å². The molecule has 3 aromatic rings. The fourth-order valence-electron chi connectivity index (χ4n) is 5.45. The maximum atomic E-state index is 14.6. The maximum Gasteiger partial charge on any atom is 0.326 e. The molecule has 43 heavy (non-hydrogen) atoms. The largest absolute Gasteiger partial charge is 0.493 e. The Bertz CT molecular complexity index is 1540. The number of benzene rings is 3. The van der Waals surface area contributed by atoms with E-state index in [1.165, 1.54) is 0 Å². The quantitative estimate of drug-likeness (QED) is 0.262. The van der Waals surface area contributed by atoms with Gasteiger partial charge in [-0.15, -0.1) is 18.8 Å². The second kappa shape index (κ2) is 14.6. The Morgan fingerprint density at radius 2 is 1.63 bits per heavy atom. The number of aliphatic imine (C=N–C) groups is 1.